The average Bonchev–Trinajstić information content (AvgIpc) is 3.04. The molecule has 0 radical (unpaired) electrons. The highest BCUT2D eigenvalue weighted by atomic mass is 127. The molecule has 142 valence electrons. The van der Waals surface area contributed by atoms with E-state index < -0.39 is 0 Å². The highest BCUT2D eigenvalue weighted by molar-refractivity contribution is 14.0. The van der Waals surface area contributed by atoms with Crippen molar-refractivity contribution in [2.45, 2.75) is 45.7 Å². The van der Waals surface area contributed by atoms with Crippen LogP contribution in [0.5, 0.6) is 0 Å². The Morgan fingerprint density at radius 1 is 1.19 bits per heavy atom. The maximum absolute atomic E-state index is 5.92. The van der Waals surface area contributed by atoms with Crippen LogP contribution in [0.1, 0.15) is 37.0 Å². The van der Waals surface area contributed by atoms with Gasteiger partial charge < -0.3 is 15.2 Å². The summed E-state index contributed by atoms with van der Waals surface area (Å²) < 4.78 is 2.21. The standard InChI is InChI=1S/C18H25ClN6.HI/c1-2-20-18(21-11-10-14-6-8-15(19)9-7-14)22-13-17-24-23-16-5-3-4-12-25(16)17;/h6-9H,2-5,10-13H2,1H3,(H2,20,21,22);1H. The second-order valence-electron chi connectivity index (χ2n) is 6.14. The topological polar surface area (TPSA) is 67.1 Å². The van der Waals surface area contributed by atoms with Crippen molar-refractivity contribution >= 4 is 41.5 Å². The van der Waals surface area contributed by atoms with Crippen LogP contribution in [0.25, 0.3) is 0 Å². The van der Waals surface area contributed by atoms with Gasteiger partial charge in [-0.25, -0.2) is 4.99 Å². The lowest BCUT2D eigenvalue weighted by Crippen LogP contribution is -2.38. The molecule has 0 spiro atoms. The Morgan fingerprint density at radius 2 is 2.00 bits per heavy atom. The van der Waals surface area contributed by atoms with E-state index in [0.29, 0.717) is 6.54 Å². The number of aliphatic imine (C=N–C) groups is 1. The fraction of sp³-hybridized carbons (Fsp3) is 0.500. The number of nitrogens with one attached hydrogen (secondary N) is 2. The fourth-order valence-electron chi connectivity index (χ4n) is 2.95. The lowest BCUT2D eigenvalue weighted by Gasteiger charge is -2.14. The highest BCUT2D eigenvalue weighted by Crippen LogP contribution is 2.14. The summed E-state index contributed by atoms with van der Waals surface area (Å²) in [6.07, 6.45) is 4.34. The zero-order valence-electron chi connectivity index (χ0n) is 15.0. The van der Waals surface area contributed by atoms with Crippen LogP contribution >= 0.6 is 35.6 Å². The number of guanidine groups is 1. The largest absolute Gasteiger partial charge is 0.357 e. The molecule has 6 nitrogen and oxygen atoms in total. The summed E-state index contributed by atoms with van der Waals surface area (Å²) in [4.78, 5) is 4.66. The molecular weight excluding hydrogens is 463 g/mol. The van der Waals surface area contributed by atoms with Crippen molar-refractivity contribution in [3.63, 3.8) is 0 Å². The normalized spacial score (nSPS) is 13.7. The van der Waals surface area contributed by atoms with E-state index in [2.05, 4.69) is 49.4 Å². The van der Waals surface area contributed by atoms with Crippen LogP contribution in [-0.4, -0.2) is 33.8 Å². The molecule has 0 fully saturated rings. The van der Waals surface area contributed by atoms with E-state index in [-0.39, 0.29) is 24.0 Å². The molecule has 0 unspecified atom stereocenters. The molecule has 1 aliphatic rings. The molecule has 8 heteroatoms. The third-order valence-electron chi connectivity index (χ3n) is 4.28. The van der Waals surface area contributed by atoms with E-state index in [1.165, 1.54) is 18.4 Å². The third-order valence-corrected chi connectivity index (χ3v) is 4.53. The summed E-state index contributed by atoms with van der Waals surface area (Å²) in [6, 6.07) is 7.95. The van der Waals surface area contributed by atoms with Gasteiger partial charge in [0.05, 0.1) is 0 Å². The lowest BCUT2D eigenvalue weighted by molar-refractivity contribution is 0.508. The maximum Gasteiger partial charge on any atom is 0.191 e. The molecule has 0 atom stereocenters. The minimum absolute atomic E-state index is 0. The second kappa shape index (κ2) is 10.7. The van der Waals surface area contributed by atoms with Gasteiger partial charge in [-0.1, -0.05) is 23.7 Å². The van der Waals surface area contributed by atoms with Gasteiger partial charge in [0, 0.05) is 31.1 Å². The molecule has 3 rings (SSSR count). The molecular formula is C18H26ClIN6. The van der Waals surface area contributed by atoms with Crippen molar-refractivity contribution < 1.29 is 0 Å². The number of fused-ring (bicyclic) bond motifs is 1. The van der Waals surface area contributed by atoms with Gasteiger partial charge in [0.15, 0.2) is 11.8 Å². The molecule has 2 aromatic rings. The van der Waals surface area contributed by atoms with Gasteiger partial charge >= 0.3 is 0 Å². The first kappa shape index (κ1) is 21.0. The number of hydrogen-bond acceptors (Lipinski definition) is 3. The monoisotopic (exact) mass is 488 g/mol. The van der Waals surface area contributed by atoms with Crippen molar-refractivity contribution in [1.29, 1.82) is 0 Å². The Morgan fingerprint density at radius 3 is 2.77 bits per heavy atom. The molecule has 0 bridgehead atoms. The predicted molar refractivity (Wildman–Crippen MR) is 116 cm³/mol. The van der Waals surface area contributed by atoms with Crippen LogP contribution in [-0.2, 0) is 25.9 Å². The molecule has 1 aliphatic heterocycles. The van der Waals surface area contributed by atoms with Crippen molar-refractivity contribution in [2.75, 3.05) is 13.1 Å². The van der Waals surface area contributed by atoms with Crippen LogP contribution in [0.2, 0.25) is 5.02 Å². The number of hydrogen-bond donors (Lipinski definition) is 2. The summed E-state index contributed by atoms with van der Waals surface area (Å²) in [6.45, 7) is 5.25. The average molecular weight is 489 g/mol. The number of aromatic nitrogens is 3. The number of aryl methyl sites for hydroxylation is 1. The molecule has 1 aromatic heterocycles. The van der Waals surface area contributed by atoms with Gasteiger partial charge in [-0.05, 0) is 43.9 Å². The first-order valence-electron chi connectivity index (χ1n) is 8.94. The molecule has 0 saturated carbocycles. The molecule has 26 heavy (non-hydrogen) atoms. The third kappa shape index (κ3) is 5.84. The van der Waals surface area contributed by atoms with Crippen molar-refractivity contribution in [3.05, 3.63) is 46.5 Å². The number of halogens is 2. The quantitative estimate of drug-likeness (QED) is 0.372. The van der Waals surface area contributed by atoms with Crippen LogP contribution in [0.3, 0.4) is 0 Å². The van der Waals surface area contributed by atoms with Gasteiger partial charge in [-0.15, -0.1) is 34.2 Å². The summed E-state index contributed by atoms with van der Waals surface area (Å²) in [7, 11) is 0. The molecule has 0 saturated heterocycles. The summed E-state index contributed by atoms with van der Waals surface area (Å²) >= 11 is 5.92. The number of benzene rings is 1. The first-order valence-corrected chi connectivity index (χ1v) is 9.31. The summed E-state index contributed by atoms with van der Waals surface area (Å²) in [5, 5.41) is 16.0. The van der Waals surface area contributed by atoms with Gasteiger partial charge in [0.25, 0.3) is 0 Å². The lowest BCUT2D eigenvalue weighted by atomic mass is 10.1. The van der Waals surface area contributed by atoms with Crippen LogP contribution < -0.4 is 10.6 Å². The number of rotatable bonds is 6. The molecule has 1 aromatic carbocycles. The SMILES string of the molecule is CCNC(=NCc1nnc2n1CCCC2)NCCc1ccc(Cl)cc1.I. The van der Waals surface area contributed by atoms with Crippen molar-refractivity contribution in [1.82, 2.24) is 25.4 Å². The maximum atomic E-state index is 5.92. The second-order valence-corrected chi connectivity index (χ2v) is 6.58. The number of nitrogens with zero attached hydrogens (tertiary/aromatic N) is 4. The van der Waals surface area contributed by atoms with E-state index in [4.69, 9.17) is 11.6 Å². The molecule has 0 amide bonds. The van der Waals surface area contributed by atoms with Gasteiger partial charge in [-0.2, -0.15) is 0 Å². The van der Waals surface area contributed by atoms with Gasteiger partial charge in [0.2, 0.25) is 0 Å². The van der Waals surface area contributed by atoms with Gasteiger partial charge in [0.1, 0.15) is 12.4 Å². The van der Waals surface area contributed by atoms with Crippen molar-refractivity contribution in [2.24, 2.45) is 4.99 Å². The van der Waals surface area contributed by atoms with E-state index in [1.54, 1.807) is 0 Å². The predicted octanol–water partition coefficient (Wildman–Crippen LogP) is 3.18. The Kier molecular flexibility index (Phi) is 8.64. The van der Waals surface area contributed by atoms with E-state index in [0.717, 1.165) is 55.1 Å². The highest BCUT2D eigenvalue weighted by Gasteiger charge is 2.15. The smallest absolute Gasteiger partial charge is 0.191 e. The Bertz CT molecular complexity index is 713. The Hall–Kier alpha value is -1.35. The fourth-order valence-corrected chi connectivity index (χ4v) is 3.08. The Balaban J connectivity index is 0.00000243. The van der Waals surface area contributed by atoms with Crippen molar-refractivity contribution in [3.8, 4) is 0 Å². The minimum atomic E-state index is 0. The minimum Gasteiger partial charge on any atom is -0.357 e. The van der Waals surface area contributed by atoms with Crippen LogP contribution in [0, 0.1) is 0 Å². The molecule has 0 aliphatic carbocycles. The zero-order valence-corrected chi connectivity index (χ0v) is 18.1. The van der Waals surface area contributed by atoms with Crippen LogP contribution in [0.15, 0.2) is 29.3 Å². The molecule has 2 heterocycles. The van der Waals surface area contributed by atoms with E-state index in [9.17, 15) is 0 Å². The van der Waals surface area contributed by atoms with E-state index >= 15 is 0 Å². The zero-order chi connectivity index (χ0) is 17.5. The van der Waals surface area contributed by atoms with Crippen LogP contribution in [0.4, 0.5) is 0 Å². The summed E-state index contributed by atoms with van der Waals surface area (Å²) in [5.74, 6) is 2.85. The van der Waals surface area contributed by atoms with Gasteiger partial charge in [-0.3, -0.25) is 0 Å². The Labute approximate surface area is 176 Å². The first-order chi connectivity index (χ1) is 12.3. The summed E-state index contributed by atoms with van der Waals surface area (Å²) in [5.41, 5.74) is 1.25. The van der Waals surface area contributed by atoms with E-state index in [1.807, 2.05) is 12.1 Å². The molecule has 2 N–H and O–H groups in total.